The number of rotatable bonds is 8. The lowest BCUT2D eigenvalue weighted by Gasteiger charge is -2.28. The first-order valence-electron chi connectivity index (χ1n) is 11.4. The molecule has 0 aliphatic carbocycles. The molecule has 0 radical (unpaired) electrons. The Bertz CT molecular complexity index is 969. The first-order chi connectivity index (χ1) is 14.6. The van der Waals surface area contributed by atoms with Crippen molar-refractivity contribution in [2.24, 2.45) is 5.92 Å². The van der Waals surface area contributed by atoms with Crippen LogP contribution in [0.5, 0.6) is 0 Å². The second-order valence-electron chi connectivity index (χ2n) is 9.02. The predicted molar refractivity (Wildman–Crippen MR) is 125 cm³/mol. The van der Waals surface area contributed by atoms with E-state index in [1.54, 1.807) is 0 Å². The van der Waals surface area contributed by atoms with E-state index in [-0.39, 0.29) is 0 Å². The summed E-state index contributed by atoms with van der Waals surface area (Å²) in [5, 5.41) is 3.57. The summed E-state index contributed by atoms with van der Waals surface area (Å²) in [6.07, 6.45) is 8.59. The number of benzene rings is 1. The van der Waals surface area contributed by atoms with Crippen LogP contribution in [-0.2, 0) is 6.54 Å². The summed E-state index contributed by atoms with van der Waals surface area (Å²) in [5.41, 5.74) is 6.78. The van der Waals surface area contributed by atoms with Gasteiger partial charge in [0.15, 0.2) is 0 Å². The summed E-state index contributed by atoms with van der Waals surface area (Å²) >= 11 is 0. The van der Waals surface area contributed by atoms with Crippen molar-refractivity contribution in [3.8, 4) is 11.4 Å². The van der Waals surface area contributed by atoms with Gasteiger partial charge in [-0.2, -0.15) is 0 Å². The lowest BCUT2D eigenvalue weighted by molar-refractivity contribution is 0.209. The molecule has 160 valence electrons. The third kappa shape index (κ3) is 5.27. The molecule has 0 bridgehead atoms. The summed E-state index contributed by atoms with van der Waals surface area (Å²) in [4.78, 5) is 15.3. The molecule has 1 aliphatic rings. The molecule has 4 rings (SSSR count). The van der Waals surface area contributed by atoms with Gasteiger partial charge in [-0.05, 0) is 95.0 Å². The Morgan fingerprint density at radius 3 is 2.80 bits per heavy atom. The van der Waals surface area contributed by atoms with Gasteiger partial charge in [0.25, 0.3) is 0 Å². The van der Waals surface area contributed by atoms with Crippen LogP contribution in [0.3, 0.4) is 0 Å². The summed E-state index contributed by atoms with van der Waals surface area (Å²) in [5.74, 6) is 1.86. The molecule has 5 nitrogen and oxygen atoms in total. The number of nitrogens with one attached hydrogen (secondary N) is 2. The molecule has 1 aromatic carbocycles. The number of aromatic nitrogens is 3. The van der Waals surface area contributed by atoms with E-state index in [4.69, 9.17) is 4.98 Å². The van der Waals surface area contributed by atoms with Crippen LogP contribution in [0.2, 0.25) is 0 Å². The first-order valence-corrected chi connectivity index (χ1v) is 11.4. The monoisotopic (exact) mass is 405 g/mol. The number of nitrogens with zero attached hydrogens (tertiary/aromatic N) is 3. The van der Waals surface area contributed by atoms with Crippen LogP contribution in [0.4, 0.5) is 0 Å². The fraction of sp³-hybridized carbons (Fsp3) is 0.520. The Balaban J connectivity index is 1.26. The zero-order valence-corrected chi connectivity index (χ0v) is 18.7. The minimum absolute atomic E-state index is 0.806. The van der Waals surface area contributed by atoms with E-state index in [0.29, 0.717) is 0 Å². The smallest absolute Gasteiger partial charge is 0.138 e. The Morgan fingerprint density at radius 2 is 1.97 bits per heavy atom. The van der Waals surface area contributed by atoms with Gasteiger partial charge in [-0.3, -0.25) is 4.98 Å². The van der Waals surface area contributed by atoms with Crippen LogP contribution < -0.4 is 5.32 Å². The minimum atomic E-state index is 0.806. The largest absolute Gasteiger partial charge is 0.338 e. The molecule has 5 heteroatoms. The SMILES string of the molecule is Cc1cc(C)c2nc(-c3ccnc(CNCCCCC4CCN(C)CC4)c3)[nH]c2c1. The molecule has 0 unspecified atom stereocenters. The second kappa shape index (κ2) is 9.71. The molecule has 0 spiro atoms. The lowest BCUT2D eigenvalue weighted by atomic mass is 9.92. The van der Waals surface area contributed by atoms with Gasteiger partial charge in [-0.15, -0.1) is 0 Å². The fourth-order valence-corrected chi connectivity index (χ4v) is 4.58. The van der Waals surface area contributed by atoms with Gasteiger partial charge in [0.2, 0.25) is 0 Å². The van der Waals surface area contributed by atoms with Crippen LogP contribution >= 0.6 is 0 Å². The second-order valence-corrected chi connectivity index (χ2v) is 9.02. The average Bonchev–Trinajstić information content (AvgIpc) is 3.17. The van der Waals surface area contributed by atoms with Crippen molar-refractivity contribution < 1.29 is 0 Å². The quantitative estimate of drug-likeness (QED) is 0.526. The molecule has 0 saturated carbocycles. The van der Waals surface area contributed by atoms with E-state index in [9.17, 15) is 0 Å². The minimum Gasteiger partial charge on any atom is -0.338 e. The molecule has 2 aromatic heterocycles. The number of likely N-dealkylation sites (tertiary alicyclic amines) is 1. The number of hydrogen-bond acceptors (Lipinski definition) is 4. The van der Waals surface area contributed by atoms with Crippen molar-refractivity contribution in [1.82, 2.24) is 25.2 Å². The molecule has 3 aromatic rings. The first kappa shape index (κ1) is 21.0. The van der Waals surface area contributed by atoms with Crippen molar-refractivity contribution in [3.05, 3.63) is 47.3 Å². The summed E-state index contributed by atoms with van der Waals surface area (Å²) in [6.45, 7) is 8.65. The number of aromatic amines is 1. The highest BCUT2D eigenvalue weighted by Crippen LogP contribution is 2.24. The molecule has 2 N–H and O–H groups in total. The number of aryl methyl sites for hydroxylation is 2. The number of piperidine rings is 1. The summed E-state index contributed by atoms with van der Waals surface area (Å²) < 4.78 is 0. The normalized spacial score (nSPS) is 15.8. The summed E-state index contributed by atoms with van der Waals surface area (Å²) in [7, 11) is 2.24. The topological polar surface area (TPSA) is 56.8 Å². The number of hydrogen-bond donors (Lipinski definition) is 2. The van der Waals surface area contributed by atoms with Gasteiger partial charge < -0.3 is 15.2 Å². The number of pyridine rings is 1. The predicted octanol–water partition coefficient (Wildman–Crippen LogP) is 4.84. The average molecular weight is 406 g/mol. The van der Waals surface area contributed by atoms with Gasteiger partial charge in [0.1, 0.15) is 5.82 Å². The van der Waals surface area contributed by atoms with Crippen LogP contribution in [-0.4, -0.2) is 46.5 Å². The Kier molecular flexibility index (Phi) is 6.80. The Morgan fingerprint density at radius 1 is 1.13 bits per heavy atom. The molecular formula is C25H35N5. The molecule has 1 saturated heterocycles. The van der Waals surface area contributed by atoms with E-state index in [1.807, 2.05) is 12.3 Å². The van der Waals surface area contributed by atoms with Crippen LogP contribution in [0.1, 0.15) is 48.9 Å². The molecular weight excluding hydrogens is 370 g/mol. The Hall–Kier alpha value is -2.24. The maximum atomic E-state index is 4.83. The third-order valence-electron chi connectivity index (χ3n) is 6.37. The maximum Gasteiger partial charge on any atom is 0.138 e. The van der Waals surface area contributed by atoms with Crippen molar-refractivity contribution in [2.75, 3.05) is 26.7 Å². The van der Waals surface area contributed by atoms with Gasteiger partial charge in [0.05, 0.1) is 16.7 Å². The fourth-order valence-electron chi connectivity index (χ4n) is 4.58. The van der Waals surface area contributed by atoms with Crippen molar-refractivity contribution in [1.29, 1.82) is 0 Å². The van der Waals surface area contributed by atoms with Gasteiger partial charge >= 0.3 is 0 Å². The molecule has 3 heterocycles. The zero-order chi connectivity index (χ0) is 20.9. The maximum absolute atomic E-state index is 4.83. The van der Waals surface area contributed by atoms with E-state index in [0.717, 1.165) is 47.1 Å². The van der Waals surface area contributed by atoms with Crippen LogP contribution in [0.15, 0.2) is 30.5 Å². The van der Waals surface area contributed by atoms with E-state index >= 15 is 0 Å². The standard InChI is InChI=1S/C25H35N5/c1-18-14-19(2)24-23(15-18)28-25(29-24)21-7-11-27-22(16-21)17-26-10-5-4-6-20-8-12-30(3)13-9-20/h7,11,14-16,20,26H,4-6,8-10,12-13,17H2,1-3H3,(H,28,29). The lowest BCUT2D eigenvalue weighted by Crippen LogP contribution is -2.30. The van der Waals surface area contributed by atoms with Crippen molar-refractivity contribution in [3.63, 3.8) is 0 Å². The number of H-pyrrole nitrogens is 1. The van der Waals surface area contributed by atoms with E-state index < -0.39 is 0 Å². The van der Waals surface area contributed by atoms with E-state index in [1.165, 1.54) is 56.3 Å². The molecule has 30 heavy (non-hydrogen) atoms. The molecule has 0 atom stereocenters. The van der Waals surface area contributed by atoms with Gasteiger partial charge in [-0.1, -0.05) is 18.9 Å². The van der Waals surface area contributed by atoms with Crippen molar-refractivity contribution >= 4 is 11.0 Å². The zero-order valence-electron chi connectivity index (χ0n) is 18.7. The highest BCUT2D eigenvalue weighted by molar-refractivity contribution is 5.83. The van der Waals surface area contributed by atoms with Crippen LogP contribution in [0.25, 0.3) is 22.4 Å². The van der Waals surface area contributed by atoms with Crippen LogP contribution in [0, 0.1) is 19.8 Å². The number of imidazole rings is 1. The third-order valence-corrected chi connectivity index (χ3v) is 6.37. The number of fused-ring (bicyclic) bond motifs is 1. The highest BCUT2D eigenvalue weighted by Gasteiger charge is 2.15. The Labute approximate surface area is 180 Å². The van der Waals surface area contributed by atoms with Gasteiger partial charge in [-0.25, -0.2) is 4.98 Å². The highest BCUT2D eigenvalue weighted by atomic mass is 15.1. The number of unbranched alkanes of at least 4 members (excludes halogenated alkanes) is 1. The van der Waals surface area contributed by atoms with Crippen molar-refractivity contribution in [2.45, 2.75) is 52.5 Å². The summed E-state index contributed by atoms with van der Waals surface area (Å²) in [6, 6.07) is 8.52. The van der Waals surface area contributed by atoms with E-state index in [2.05, 4.69) is 59.3 Å². The molecule has 1 aliphatic heterocycles. The molecule has 1 fully saturated rings. The molecule has 0 amide bonds. The van der Waals surface area contributed by atoms with Gasteiger partial charge in [0, 0.05) is 18.3 Å².